The molecular weight excluding hydrogens is 344 g/mol. The number of allylic oxidation sites excluding steroid dienone is 1. The highest BCUT2D eigenvalue weighted by Gasteiger charge is 2.08. The molecule has 140 valence electrons. The molecule has 5 heteroatoms. The third-order valence-corrected chi connectivity index (χ3v) is 5.02. The van der Waals surface area contributed by atoms with Gasteiger partial charge < -0.3 is 4.74 Å². The van der Waals surface area contributed by atoms with Crippen molar-refractivity contribution in [2.24, 2.45) is 0 Å². The largest absolute Gasteiger partial charge is 0.423 e. The van der Waals surface area contributed by atoms with Gasteiger partial charge >= 0.3 is 5.97 Å². The van der Waals surface area contributed by atoms with Crippen LogP contribution in [0.3, 0.4) is 0 Å². The van der Waals surface area contributed by atoms with E-state index in [9.17, 15) is 4.79 Å². The Morgan fingerprint density at radius 2 is 1.81 bits per heavy atom. The minimum Gasteiger partial charge on any atom is -0.423 e. The zero-order chi connectivity index (χ0) is 18.6. The number of carbonyl (C=O) groups excluding carboxylic acids is 1. The highest BCUT2D eigenvalue weighted by Crippen LogP contribution is 2.26. The maximum absolute atomic E-state index is 11.7. The van der Waals surface area contributed by atoms with Crippen molar-refractivity contribution in [1.29, 1.82) is 0 Å². The first-order valence-corrected chi connectivity index (χ1v) is 10.4. The van der Waals surface area contributed by atoms with E-state index in [0.29, 0.717) is 5.75 Å². The number of ether oxygens (including phenoxy) is 1. The molecule has 0 aliphatic heterocycles. The molecule has 26 heavy (non-hydrogen) atoms. The molecule has 0 saturated carbocycles. The Morgan fingerprint density at radius 3 is 2.54 bits per heavy atom. The number of aromatic nitrogens is 2. The maximum atomic E-state index is 11.7. The maximum Gasteiger partial charge on any atom is 0.335 e. The lowest BCUT2D eigenvalue weighted by Crippen LogP contribution is -2.03. The van der Waals surface area contributed by atoms with Gasteiger partial charge in [0.25, 0.3) is 0 Å². The predicted octanol–water partition coefficient (Wildman–Crippen LogP) is 5.98. The van der Waals surface area contributed by atoms with Gasteiger partial charge in [0.15, 0.2) is 0 Å². The summed E-state index contributed by atoms with van der Waals surface area (Å²) < 4.78 is 5.28. The number of aryl methyl sites for hydroxylation is 1. The molecule has 0 radical (unpaired) electrons. The van der Waals surface area contributed by atoms with Crippen molar-refractivity contribution < 1.29 is 9.53 Å². The molecule has 1 aromatic carbocycles. The summed E-state index contributed by atoms with van der Waals surface area (Å²) in [6, 6.07) is 7.44. The van der Waals surface area contributed by atoms with Crippen LogP contribution in [-0.4, -0.2) is 16.2 Å². The predicted molar refractivity (Wildman–Crippen MR) is 107 cm³/mol. The van der Waals surface area contributed by atoms with Gasteiger partial charge in [0.05, 0.1) is 0 Å². The van der Waals surface area contributed by atoms with Crippen LogP contribution >= 0.6 is 11.3 Å². The van der Waals surface area contributed by atoms with E-state index in [-0.39, 0.29) is 5.97 Å². The quantitative estimate of drug-likeness (QED) is 0.211. The van der Waals surface area contributed by atoms with Gasteiger partial charge in [-0.05, 0) is 37.1 Å². The van der Waals surface area contributed by atoms with E-state index in [4.69, 9.17) is 4.74 Å². The smallest absolute Gasteiger partial charge is 0.335 e. The lowest BCUT2D eigenvalue weighted by molar-refractivity contribution is -0.129. The Kier molecular flexibility index (Phi) is 9.04. The van der Waals surface area contributed by atoms with E-state index >= 15 is 0 Å². The molecule has 0 atom stereocenters. The average Bonchev–Trinajstić information content (AvgIpc) is 3.11. The van der Waals surface area contributed by atoms with Crippen LogP contribution in [0.5, 0.6) is 5.75 Å². The van der Waals surface area contributed by atoms with E-state index < -0.39 is 0 Å². The van der Waals surface area contributed by atoms with Gasteiger partial charge in [0, 0.05) is 18.1 Å². The van der Waals surface area contributed by atoms with Crippen molar-refractivity contribution in [3.05, 3.63) is 41.4 Å². The van der Waals surface area contributed by atoms with Crippen molar-refractivity contribution in [2.75, 3.05) is 0 Å². The minimum atomic E-state index is -0.340. The zero-order valence-electron chi connectivity index (χ0n) is 15.7. The summed E-state index contributed by atoms with van der Waals surface area (Å²) in [4.78, 5) is 11.7. The van der Waals surface area contributed by atoms with Gasteiger partial charge in [-0.1, -0.05) is 63.4 Å². The van der Waals surface area contributed by atoms with Gasteiger partial charge in [-0.2, -0.15) is 0 Å². The molecule has 0 N–H and O–H groups in total. The number of benzene rings is 1. The van der Waals surface area contributed by atoms with Crippen molar-refractivity contribution in [2.45, 2.75) is 65.2 Å². The van der Waals surface area contributed by atoms with E-state index in [0.717, 1.165) is 34.8 Å². The standard InChI is InChI=1S/C21H28N2O2S/c1-3-5-7-8-10-11-19-22-23-21(26-19)17-13-15-18(16-14-17)25-20(24)12-9-6-4-2/h9,12-16H,3-8,10-11H2,1-2H3/b12-9+. The molecule has 0 amide bonds. The Labute approximate surface area is 160 Å². The summed E-state index contributed by atoms with van der Waals surface area (Å²) in [6.07, 6.45) is 12.5. The van der Waals surface area contributed by atoms with Crippen molar-refractivity contribution in [1.82, 2.24) is 10.2 Å². The van der Waals surface area contributed by atoms with Gasteiger partial charge in [-0.25, -0.2) is 4.79 Å². The number of hydrogen-bond acceptors (Lipinski definition) is 5. The van der Waals surface area contributed by atoms with Crippen LogP contribution < -0.4 is 4.74 Å². The van der Waals surface area contributed by atoms with E-state index in [2.05, 4.69) is 24.0 Å². The summed E-state index contributed by atoms with van der Waals surface area (Å²) in [5.41, 5.74) is 1.00. The third kappa shape index (κ3) is 7.08. The number of nitrogens with zero attached hydrogens (tertiary/aromatic N) is 2. The average molecular weight is 373 g/mol. The van der Waals surface area contributed by atoms with E-state index in [1.165, 1.54) is 38.2 Å². The second-order valence-electron chi connectivity index (χ2n) is 6.30. The Hall–Kier alpha value is -2.01. The lowest BCUT2D eigenvalue weighted by atomic mass is 10.1. The SMILES string of the molecule is CCC/C=C/C(=O)Oc1ccc(-c2nnc(CCCCCCC)s2)cc1. The molecule has 1 aromatic heterocycles. The van der Waals surface area contributed by atoms with Crippen LogP contribution in [-0.2, 0) is 11.2 Å². The Bertz CT molecular complexity index is 692. The molecule has 0 spiro atoms. The van der Waals surface area contributed by atoms with Gasteiger partial charge in [0.2, 0.25) is 0 Å². The second kappa shape index (κ2) is 11.6. The summed E-state index contributed by atoms with van der Waals surface area (Å²) in [5, 5.41) is 10.6. The molecule has 4 nitrogen and oxygen atoms in total. The Morgan fingerprint density at radius 1 is 1.04 bits per heavy atom. The van der Waals surface area contributed by atoms with Crippen LogP contribution in [0.15, 0.2) is 36.4 Å². The normalized spacial score (nSPS) is 11.2. The molecule has 2 rings (SSSR count). The summed E-state index contributed by atoms with van der Waals surface area (Å²) in [5.74, 6) is 0.202. The second-order valence-corrected chi connectivity index (χ2v) is 7.36. The van der Waals surface area contributed by atoms with Gasteiger partial charge in [-0.3, -0.25) is 0 Å². The molecule has 0 fully saturated rings. The summed E-state index contributed by atoms with van der Waals surface area (Å²) >= 11 is 1.64. The molecule has 0 bridgehead atoms. The fraction of sp³-hybridized carbons (Fsp3) is 0.476. The van der Waals surface area contributed by atoms with Crippen molar-refractivity contribution >= 4 is 17.3 Å². The van der Waals surface area contributed by atoms with Crippen molar-refractivity contribution in [3.8, 4) is 16.3 Å². The van der Waals surface area contributed by atoms with Crippen molar-refractivity contribution in [3.63, 3.8) is 0 Å². The minimum absolute atomic E-state index is 0.340. The number of hydrogen-bond donors (Lipinski definition) is 0. The van der Waals surface area contributed by atoms with Crippen LogP contribution in [0.25, 0.3) is 10.6 Å². The monoisotopic (exact) mass is 372 g/mol. The first kappa shape index (κ1) is 20.3. The molecule has 0 aliphatic rings. The zero-order valence-corrected chi connectivity index (χ0v) is 16.6. The van der Waals surface area contributed by atoms with Gasteiger partial charge in [0.1, 0.15) is 15.8 Å². The molecule has 0 aliphatic carbocycles. The van der Waals surface area contributed by atoms with Crippen LogP contribution in [0.4, 0.5) is 0 Å². The highest BCUT2D eigenvalue weighted by molar-refractivity contribution is 7.14. The highest BCUT2D eigenvalue weighted by atomic mass is 32.1. The van der Waals surface area contributed by atoms with E-state index in [1.807, 2.05) is 18.2 Å². The molecule has 2 aromatic rings. The molecule has 0 unspecified atom stereocenters. The first-order chi connectivity index (χ1) is 12.7. The number of carbonyl (C=O) groups is 1. The van der Waals surface area contributed by atoms with Crippen LogP contribution in [0, 0.1) is 0 Å². The van der Waals surface area contributed by atoms with Gasteiger partial charge in [-0.15, -0.1) is 10.2 Å². The number of unbranched alkanes of at least 4 members (excludes halogenated alkanes) is 5. The summed E-state index contributed by atoms with van der Waals surface area (Å²) in [6.45, 7) is 4.30. The third-order valence-electron chi connectivity index (χ3n) is 3.99. The van der Waals surface area contributed by atoms with Crippen LogP contribution in [0.2, 0.25) is 0 Å². The topological polar surface area (TPSA) is 52.1 Å². The molecule has 0 saturated heterocycles. The van der Waals surface area contributed by atoms with Crippen LogP contribution in [0.1, 0.15) is 63.8 Å². The number of esters is 1. The fourth-order valence-electron chi connectivity index (χ4n) is 2.51. The Balaban J connectivity index is 1.85. The summed E-state index contributed by atoms with van der Waals surface area (Å²) in [7, 11) is 0. The lowest BCUT2D eigenvalue weighted by Gasteiger charge is -2.02. The number of rotatable bonds is 11. The molecule has 1 heterocycles. The first-order valence-electron chi connectivity index (χ1n) is 9.54. The van der Waals surface area contributed by atoms with E-state index in [1.54, 1.807) is 23.5 Å². The molecular formula is C21H28N2O2S. The fourth-order valence-corrected chi connectivity index (χ4v) is 3.40.